The van der Waals surface area contributed by atoms with Crippen molar-refractivity contribution in [3.8, 4) is 0 Å². The summed E-state index contributed by atoms with van der Waals surface area (Å²) < 4.78 is 5.74. The van der Waals surface area contributed by atoms with Gasteiger partial charge in [0.15, 0.2) is 0 Å². The molecule has 0 heterocycles. The van der Waals surface area contributed by atoms with E-state index in [0.717, 1.165) is 11.8 Å². The van der Waals surface area contributed by atoms with E-state index in [1.54, 1.807) is 0 Å². The van der Waals surface area contributed by atoms with Gasteiger partial charge in [-0.1, -0.05) is 38.5 Å². The summed E-state index contributed by atoms with van der Waals surface area (Å²) in [6, 6.07) is 0. The van der Waals surface area contributed by atoms with Gasteiger partial charge in [0.25, 0.3) is 0 Å². The van der Waals surface area contributed by atoms with E-state index in [4.69, 9.17) is 4.74 Å². The molecule has 2 rings (SSSR count). The van der Waals surface area contributed by atoms with E-state index in [1.165, 1.54) is 75.4 Å². The highest BCUT2D eigenvalue weighted by Gasteiger charge is 2.16. The third-order valence-electron chi connectivity index (χ3n) is 5.01. The fourth-order valence-corrected chi connectivity index (χ4v) is 3.56. The van der Waals surface area contributed by atoms with Gasteiger partial charge in [-0.05, 0) is 62.5 Å². The van der Waals surface area contributed by atoms with Crippen LogP contribution >= 0.6 is 0 Å². The van der Waals surface area contributed by atoms with Crippen molar-refractivity contribution in [2.75, 3.05) is 0 Å². The molecule has 1 heteroatoms. The van der Waals surface area contributed by atoms with Crippen molar-refractivity contribution in [1.29, 1.82) is 0 Å². The summed E-state index contributed by atoms with van der Waals surface area (Å²) in [5, 5.41) is 0. The van der Waals surface area contributed by atoms with Gasteiger partial charge in [-0.25, -0.2) is 0 Å². The minimum Gasteiger partial charge on any atom is -0.473 e. The molecule has 0 saturated heterocycles. The van der Waals surface area contributed by atoms with Crippen molar-refractivity contribution in [1.82, 2.24) is 0 Å². The van der Waals surface area contributed by atoms with Gasteiger partial charge < -0.3 is 4.74 Å². The molecule has 0 unspecified atom stereocenters. The Hall–Kier alpha value is -0.720. The van der Waals surface area contributed by atoms with Crippen molar-refractivity contribution in [2.24, 2.45) is 11.8 Å². The van der Waals surface area contributed by atoms with Gasteiger partial charge in [0.2, 0.25) is 0 Å². The molecule has 2 aliphatic rings. The molecule has 0 amide bonds. The third-order valence-corrected chi connectivity index (χ3v) is 5.01. The zero-order valence-electron chi connectivity index (χ0n) is 12.8. The molecule has 0 aromatic rings. The van der Waals surface area contributed by atoms with Crippen LogP contribution in [-0.2, 0) is 4.74 Å². The lowest BCUT2D eigenvalue weighted by molar-refractivity contribution is 0.344. The fourth-order valence-electron chi connectivity index (χ4n) is 3.56. The first-order chi connectivity index (χ1) is 9.27. The lowest BCUT2D eigenvalue weighted by atomic mass is 9.85. The maximum atomic E-state index is 5.74. The summed E-state index contributed by atoms with van der Waals surface area (Å²) in [5.74, 6) is 1.55. The molecule has 1 nitrogen and oxygen atoms in total. The van der Waals surface area contributed by atoms with E-state index in [2.05, 4.69) is 13.8 Å². The molecule has 0 spiro atoms. The second-order valence-electron chi connectivity index (χ2n) is 6.53. The lowest BCUT2D eigenvalue weighted by Crippen LogP contribution is -2.08. The summed E-state index contributed by atoms with van der Waals surface area (Å²) >= 11 is 0. The number of allylic oxidation sites excluding steroid dienone is 2. The van der Waals surface area contributed by atoms with Crippen LogP contribution < -0.4 is 0 Å². The maximum Gasteiger partial charge on any atom is 0.0893 e. The van der Waals surface area contributed by atoms with Crippen LogP contribution in [0.1, 0.15) is 78.1 Å². The Morgan fingerprint density at radius 1 is 0.684 bits per heavy atom. The number of rotatable bonds is 4. The van der Waals surface area contributed by atoms with Crippen LogP contribution in [0, 0.1) is 11.8 Å². The predicted octanol–water partition coefficient (Wildman–Crippen LogP) is 5.97. The zero-order chi connectivity index (χ0) is 13.5. The second kappa shape index (κ2) is 7.77. The average Bonchev–Trinajstić information content (AvgIpc) is 2.49. The first-order valence-corrected chi connectivity index (χ1v) is 8.26. The molecule has 0 aromatic heterocycles. The van der Waals surface area contributed by atoms with E-state index < -0.39 is 0 Å². The Morgan fingerprint density at radius 3 is 1.42 bits per heavy atom. The summed E-state index contributed by atoms with van der Waals surface area (Å²) in [5.41, 5.74) is 2.87. The van der Waals surface area contributed by atoms with Gasteiger partial charge >= 0.3 is 0 Å². The van der Waals surface area contributed by atoms with Crippen LogP contribution in [0.2, 0.25) is 0 Å². The molecule has 108 valence electrons. The molecule has 0 aliphatic heterocycles. The topological polar surface area (TPSA) is 9.23 Å². The Labute approximate surface area is 119 Å². The first kappa shape index (κ1) is 14.7. The van der Waals surface area contributed by atoms with Gasteiger partial charge in [-0.3, -0.25) is 0 Å². The molecule has 0 aromatic carbocycles. The Morgan fingerprint density at radius 2 is 1.05 bits per heavy atom. The minimum absolute atomic E-state index is 0.775. The molecule has 0 N–H and O–H groups in total. The van der Waals surface area contributed by atoms with E-state index in [9.17, 15) is 0 Å². The molecule has 2 saturated carbocycles. The number of ether oxygens (including phenoxy) is 1. The molecule has 2 aliphatic carbocycles. The molecular formula is C18H30O. The summed E-state index contributed by atoms with van der Waals surface area (Å²) in [4.78, 5) is 0. The largest absolute Gasteiger partial charge is 0.473 e. The van der Waals surface area contributed by atoms with Crippen LogP contribution in [0.15, 0.2) is 23.7 Å². The lowest BCUT2D eigenvalue weighted by Gasteiger charge is -2.23. The highest BCUT2D eigenvalue weighted by atomic mass is 16.5. The van der Waals surface area contributed by atoms with Crippen molar-refractivity contribution < 1.29 is 4.74 Å². The van der Waals surface area contributed by atoms with E-state index in [1.807, 2.05) is 12.5 Å². The van der Waals surface area contributed by atoms with Crippen LogP contribution in [-0.4, -0.2) is 0 Å². The van der Waals surface area contributed by atoms with E-state index >= 15 is 0 Å². The minimum atomic E-state index is 0.775. The third kappa shape index (κ3) is 4.71. The van der Waals surface area contributed by atoms with Gasteiger partial charge in [-0.15, -0.1) is 0 Å². The van der Waals surface area contributed by atoms with Crippen molar-refractivity contribution in [2.45, 2.75) is 78.1 Å². The molecule has 2 fully saturated rings. The summed E-state index contributed by atoms with van der Waals surface area (Å²) in [7, 11) is 0. The van der Waals surface area contributed by atoms with Crippen LogP contribution in [0.25, 0.3) is 0 Å². The van der Waals surface area contributed by atoms with Gasteiger partial charge in [0.1, 0.15) is 0 Å². The van der Waals surface area contributed by atoms with Crippen LogP contribution in [0.3, 0.4) is 0 Å². The normalized spacial score (nSPS) is 24.5. The average molecular weight is 262 g/mol. The molecule has 19 heavy (non-hydrogen) atoms. The summed E-state index contributed by atoms with van der Waals surface area (Å²) in [6.07, 6.45) is 17.9. The van der Waals surface area contributed by atoms with Crippen molar-refractivity contribution in [3.05, 3.63) is 23.7 Å². The molecular weight excluding hydrogens is 232 g/mol. The van der Waals surface area contributed by atoms with Gasteiger partial charge in [-0.2, -0.15) is 0 Å². The zero-order valence-corrected chi connectivity index (χ0v) is 12.8. The standard InChI is InChI=1S/C18H30O/c1-15(17-9-5-3-6-10-17)13-19-14-16(2)18-11-7-4-8-12-18/h13-14,17-18H,3-12H2,1-2H3. The van der Waals surface area contributed by atoms with Gasteiger partial charge in [0.05, 0.1) is 12.5 Å². The molecule has 0 atom stereocenters. The van der Waals surface area contributed by atoms with E-state index in [-0.39, 0.29) is 0 Å². The maximum absolute atomic E-state index is 5.74. The Balaban J connectivity index is 1.79. The first-order valence-electron chi connectivity index (χ1n) is 8.26. The number of hydrogen-bond acceptors (Lipinski definition) is 1. The van der Waals surface area contributed by atoms with Gasteiger partial charge in [0, 0.05) is 0 Å². The fraction of sp³-hybridized carbons (Fsp3) is 0.778. The predicted molar refractivity (Wildman–Crippen MR) is 81.7 cm³/mol. The van der Waals surface area contributed by atoms with Crippen LogP contribution in [0.5, 0.6) is 0 Å². The monoisotopic (exact) mass is 262 g/mol. The highest BCUT2D eigenvalue weighted by molar-refractivity contribution is 5.04. The molecule has 0 radical (unpaired) electrons. The van der Waals surface area contributed by atoms with Crippen molar-refractivity contribution in [3.63, 3.8) is 0 Å². The highest BCUT2D eigenvalue weighted by Crippen LogP contribution is 2.31. The Bertz CT molecular complexity index is 283. The van der Waals surface area contributed by atoms with Crippen molar-refractivity contribution >= 4 is 0 Å². The summed E-state index contributed by atoms with van der Waals surface area (Å²) in [6.45, 7) is 4.47. The van der Waals surface area contributed by atoms with Crippen LogP contribution in [0.4, 0.5) is 0 Å². The quantitative estimate of drug-likeness (QED) is 0.567. The second-order valence-corrected chi connectivity index (χ2v) is 6.53. The smallest absolute Gasteiger partial charge is 0.0893 e. The Kier molecular flexibility index (Phi) is 6.00. The molecule has 0 bridgehead atoms. The van der Waals surface area contributed by atoms with E-state index in [0.29, 0.717) is 0 Å². The number of hydrogen-bond donors (Lipinski definition) is 0. The SMILES string of the molecule is CC(=COC=C(C)C1CCCCC1)C1CCCCC1.